The zero-order valence-electron chi connectivity index (χ0n) is 25.9. The van der Waals surface area contributed by atoms with Crippen molar-refractivity contribution in [2.45, 2.75) is 68.8 Å². The van der Waals surface area contributed by atoms with E-state index in [-0.39, 0.29) is 30.6 Å². The van der Waals surface area contributed by atoms with Crippen LogP contribution in [0.15, 0.2) is 90.3 Å². The molecule has 10 nitrogen and oxygen atoms in total. The van der Waals surface area contributed by atoms with Crippen molar-refractivity contribution in [1.82, 2.24) is 9.55 Å². The average Bonchev–Trinajstić information content (AvgIpc) is 3.49. The number of carbonyl (C=O) groups is 2. The summed E-state index contributed by atoms with van der Waals surface area (Å²) < 4.78 is 14.8. The van der Waals surface area contributed by atoms with Gasteiger partial charge >= 0.3 is 0 Å². The Morgan fingerprint density at radius 1 is 0.935 bits per heavy atom. The lowest BCUT2D eigenvalue weighted by Crippen LogP contribution is -2.31. The number of hydrogen-bond acceptors (Lipinski definition) is 8. The number of amides is 2. The highest BCUT2D eigenvalue weighted by atomic mass is 32.2. The van der Waals surface area contributed by atoms with E-state index in [4.69, 9.17) is 15.2 Å². The number of aliphatic hydroxyl groups excluding tert-OH is 1. The minimum absolute atomic E-state index is 0.00642. The van der Waals surface area contributed by atoms with E-state index in [2.05, 4.69) is 15.6 Å². The molecule has 11 heteroatoms. The van der Waals surface area contributed by atoms with E-state index >= 15 is 0 Å². The van der Waals surface area contributed by atoms with Crippen LogP contribution >= 0.6 is 11.8 Å². The summed E-state index contributed by atoms with van der Waals surface area (Å²) >= 11 is 1.65. The van der Waals surface area contributed by atoms with Crippen molar-refractivity contribution in [2.24, 2.45) is 7.05 Å². The molecule has 0 saturated carbocycles. The lowest BCUT2D eigenvalue weighted by Gasteiger charge is -2.36. The molecule has 5 rings (SSSR count). The lowest BCUT2D eigenvalue weighted by molar-refractivity contribution is -0.245. The molecular weight excluding hydrogens is 602 g/mol. The monoisotopic (exact) mass is 643 g/mol. The number of unbranched alkanes of at least 4 members (excludes halogenated alkanes) is 2. The number of nitrogen functional groups attached to an aromatic ring is 1. The fraction of sp³-hybridized carbons (Fsp3) is 0.343. The number of aromatic nitrogens is 2. The Kier molecular flexibility index (Phi) is 11.9. The van der Waals surface area contributed by atoms with Gasteiger partial charge in [0.2, 0.25) is 11.8 Å². The Morgan fingerprint density at radius 2 is 1.63 bits per heavy atom. The smallest absolute Gasteiger partial charge is 0.224 e. The summed E-state index contributed by atoms with van der Waals surface area (Å²) in [7, 11) is 1.97. The quantitative estimate of drug-likeness (QED) is 0.0707. The molecule has 46 heavy (non-hydrogen) atoms. The van der Waals surface area contributed by atoms with Gasteiger partial charge in [-0.05, 0) is 48.2 Å². The van der Waals surface area contributed by atoms with Crippen LogP contribution in [-0.4, -0.2) is 38.3 Å². The molecule has 0 radical (unpaired) electrons. The predicted octanol–water partition coefficient (Wildman–Crippen LogP) is 6.36. The van der Waals surface area contributed by atoms with Gasteiger partial charge in [-0.15, -0.1) is 0 Å². The number of ether oxygens (including phenoxy) is 2. The van der Waals surface area contributed by atoms with Gasteiger partial charge in [-0.25, -0.2) is 4.98 Å². The van der Waals surface area contributed by atoms with Gasteiger partial charge in [0.05, 0.1) is 30.2 Å². The maximum absolute atomic E-state index is 12.6. The summed E-state index contributed by atoms with van der Waals surface area (Å²) in [6, 6.07) is 22.5. The number of nitrogens with zero attached hydrogens (tertiary/aromatic N) is 2. The third-order valence-corrected chi connectivity index (χ3v) is 8.99. The maximum atomic E-state index is 12.6. The molecule has 3 aromatic carbocycles. The highest BCUT2D eigenvalue weighted by Crippen LogP contribution is 2.39. The summed E-state index contributed by atoms with van der Waals surface area (Å²) in [6.45, 7) is -0.00642. The van der Waals surface area contributed by atoms with Gasteiger partial charge in [0.1, 0.15) is 0 Å². The van der Waals surface area contributed by atoms with Gasteiger partial charge in [0.15, 0.2) is 11.4 Å². The number of benzene rings is 3. The highest BCUT2D eigenvalue weighted by Gasteiger charge is 2.32. The fourth-order valence-corrected chi connectivity index (χ4v) is 6.15. The van der Waals surface area contributed by atoms with Crippen LogP contribution in [0.2, 0.25) is 0 Å². The van der Waals surface area contributed by atoms with Crippen molar-refractivity contribution in [3.05, 3.63) is 102 Å². The van der Waals surface area contributed by atoms with E-state index in [1.807, 2.05) is 78.5 Å². The number of para-hydroxylation sites is 2. The number of nitrogens with two attached hydrogens (primary N) is 1. The Labute approximate surface area is 273 Å². The molecule has 0 spiro atoms. The van der Waals surface area contributed by atoms with Crippen molar-refractivity contribution < 1.29 is 24.2 Å². The molecule has 0 bridgehead atoms. The van der Waals surface area contributed by atoms with Crippen LogP contribution in [0.3, 0.4) is 0 Å². The lowest BCUT2D eigenvalue weighted by atomic mass is 10.0. The van der Waals surface area contributed by atoms with Gasteiger partial charge in [-0.3, -0.25) is 9.59 Å². The summed E-state index contributed by atoms with van der Waals surface area (Å²) in [5.41, 5.74) is 10.5. The zero-order chi connectivity index (χ0) is 32.3. The van der Waals surface area contributed by atoms with Crippen LogP contribution in [0.5, 0.6) is 0 Å². The number of anilines is 3. The van der Waals surface area contributed by atoms with E-state index in [9.17, 15) is 14.7 Å². The van der Waals surface area contributed by atoms with Crippen LogP contribution in [-0.2, 0) is 32.7 Å². The second-order valence-electron chi connectivity index (χ2n) is 11.3. The van der Waals surface area contributed by atoms with Crippen molar-refractivity contribution in [1.29, 1.82) is 0 Å². The van der Waals surface area contributed by atoms with Gasteiger partial charge in [-0.1, -0.05) is 66.7 Å². The second-order valence-corrected chi connectivity index (χ2v) is 12.3. The number of thioether (sulfide) groups is 1. The van der Waals surface area contributed by atoms with Crippen LogP contribution in [0.1, 0.15) is 67.6 Å². The van der Waals surface area contributed by atoms with Crippen molar-refractivity contribution in [3.63, 3.8) is 0 Å². The summed E-state index contributed by atoms with van der Waals surface area (Å²) in [5.74, 6) is 0.561. The number of carbonyl (C=O) groups excluding carboxylic acids is 2. The number of imidazole rings is 1. The Hall–Kier alpha value is -4.16. The van der Waals surface area contributed by atoms with Gasteiger partial charge in [0, 0.05) is 55.7 Å². The third-order valence-electron chi connectivity index (χ3n) is 7.80. The standard InChI is InChI=1S/C35H41N5O5S/c1-40-20-19-37-35(40)46-23-28-21-31(25-13-11-24(22-41)12-14-25)45-34(44-28)26-15-17-27(18-16-26)38-32(42)9-3-2-4-10-33(43)39-30-8-6-5-7-29(30)36/h5-8,11-20,28,31,34,41H,2-4,9-10,21-23,36H2,1H3,(H,38,42)(H,39,43). The average molecular weight is 644 g/mol. The van der Waals surface area contributed by atoms with Crippen LogP contribution in [0.25, 0.3) is 0 Å². The predicted molar refractivity (Wildman–Crippen MR) is 180 cm³/mol. The summed E-state index contributed by atoms with van der Waals surface area (Å²) in [4.78, 5) is 29.2. The molecule has 1 saturated heterocycles. The van der Waals surface area contributed by atoms with Crippen molar-refractivity contribution in [3.8, 4) is 0 Å². The maximum Gasteiger partial charge on any atom is 0.224 e. The van der Waals surface area contributed by atoms with Crippen LogP contribution < -0.4 is 16.4 Å². The second kappa shape index (κ2) is 16.4. The van der Waals surface area contributed by atoms with E-state index in [0.717, 1.165) is 34.0 Å². The largest absolute Gasteiger partial charge is 0.397 e. The Morgan fingerprint density at radius 3 is 2.30 bits per heavy atom. The number of aryl methyl sites for hydroxylation is 1. The first-order valence-corrected chi connectivity index (χ1v) is 16.5. The molecule has 1 aromatic heterocycles. The first-order valence-electron chi connectivity index (χ1n) is 15.5. The molecule has 1 aliphatic rings. The van der Waals surface area contributed by atoms with Crippen LogP contribution in [0.4, 0.5) is 17.1 Å². The summed E-state index contributed by atoms with van der Waals surface area (Å²) in [6.07, 6.45) is 6.45. The number of aliphatic hydroxyl groups is 1. The highest BCUT2D eigenvalue weighted by molar-refractivity contribution is 7.99. The molecule has 0 aliphatic carbocycles. The molecular formula is C35H41N5O5S. The molecule has 4 aromatic rings. The third kappa shape index (κ3) is 9.43. The molecule has 2 amide bonds. The molecule has 5 N–H and O–H groups in total. The number of nitrogens with one attached hydrogen (secondary N) is 2. The minimum atomic E-state index is -0.580. The Balaban J connectivity index is 1.11. The molecule has 2 heterocycles. The topological polar surface area (TPSA) is 141 Å². The van der Waals surface area contributed by atoms with Gasteiger partial charge in [0.25, 0.3) is 0 Å². The fourth-order valence-electron chi connectivity index (χ4n) is 5.20. The molecule has 1 aliphatic heterocycles. The first-order chi connectivity index (χ1) is 22.4. The zero-order valence-corrected chi connectivity index (χ0v) is 26.7. The number of rotatable bonds is 14. The molecule has 242 valence electrons. The van der Waals surface area contributed by atoms with E-state index in [1.165, 1.54) is 0 Å². The Bertz CT molecular complexity index is 1580. The van der Waals surface area contributed by atoms with E-state index < -0.39 is 6.29 Å². The van der Waals surface area contributed by atoms with E-state index in [0.29, 0.717) is 49.2 Å². The first kappa shape index (κ1) is 33.2. The van der Waals surface area contributed by atoms with Gasteiger partial charge in [-0.2, -0.15) is 0 Å². The van der Waals surface area contributed by atoms with Crippen molar-refractivity contribution in [2.75, 3.05) is 22.1 Å². The molecule has 1 fully saturated rings. The summed E-state index contributed by atoms with van der Waals surface area (Å²) in [5, 5.41) is 16.2. The van der Waals surface area contributed by atoms with E-state index in [1.54, 1.807) is 30.1 Å². The molecule has 3 unspecified atom stereocenters. The normalized spacial score (nSPS) is 17.8. The van der Waals surface area contributed by atoms with Crippen LogP contribution in [0, 0.1) is 0 Å². The molecule has 3 atom stereocenters. The number of hydrogen-bond donors (Lipinski definition) is 4. The minimum Gasteiger partial charge on any atom is -0.397 e. The van der Waals surface area contributed by atoms with Crippen molar-refractivity contribution >= 4 is 40.6 Å². The SMILES string of the molecule is Cn1ccnc1SCC1CC(c2ccc(CO)cc2)OC(c2ccc(NC(=O)CCCCCC(=O)Nc3ccccc3N)cc2)O1. The van der Waals surface area contributed by atoms with Gasteiger partial charge < -0.3 is 35.5 Å².